The number of hydrogen-bond donors (Lipinski definition) is 0. The molecule has 1 amide bonds. The van der Waals surface area contributed by atoms with E-state index in [1.165, 1.54) is 23.5 Å². The van der Waals surface area contributed by atoms with Crippen molar-refractivity contribution in [3.05, 3.63) is 64.4 Å². The van der Waals surface area contributed by atoms with Crippen LogP contribution in [-0.2, 0) is 6.54 Å². The number of rotatable bonds is 5. The van der Waals surface area contributed by atoms with Crippen molar-refractivity contribution in [1.82, 2.24) is 9.88 Å². The number of benzene rings is 2. The zero-order valence-electron chi connectivity index (χ0n) is 16.3. The first kappa shape index (κ1) is 19.4. The molecule has 4 rings (SSSR count). The molecule has 3 aromatic rings. The highest BCUT2D eigenvalue weighted by Crippen LogP contribution is 2.35. The molecule has 150 valence electrons. The standard InChI is InChI=1S/C22H21FN2O3S/c1-3-25(13-16-5-4-6-18-19(16)28-12-11-27-18)22(26)20-14(2)24-21(29-20)15-7-9-17(23)10-8-15/h4-10H,3,11-13H2,1-2H3. The minimum Gasteiger partial charge on any atom is -0.486 e. The third-order valence-corrected chi connectivity index (χ3v) is 5.95. The van der Waals surface area contributed by atoms with Crippen LogP contribution in [0.1, 0.15) is 27.9 Å². The van der Waals surface area contributed by atoms with Gasteiger partial charge < -0.3 is 14.4 Å². The number of para-hydroxylation sites is 1. The Kier molecular flexibility index (Phi) is 5.49. The summed E-state index contributed by atoms with van der Waals surface area (Å²) < 4.78 is 24.6. The Balaban J connectivity index is 1.59. The number of halogens is 1. The number of ether oxygens (including phenoxy) is 2. The summed E-state index contributed by atoms with van der Waals surface area (Å²) in [6, 6.07) is 11.9. The molecule has 0 unspecified atom stereocenters. The molecule has 2 aromatic carbocycles. The summed E-state index contributed by atoms with van der Waals surface area (Å²) in [5.74, 6) is 1.04. The van der Waals surface area contributed by atoms with E-state index >= 15 is 0 Å². The van der Waals surface area contributed by atoms with Crippen molar-refractivity contribution in [2.45, 2.75) is 20.4 Å². The zero-order valence-corrected chi connectivity index (χ0v) is 17.1. The highest BCUT2D eigenvalue weighted by Gasteiger charge is 2.24. The third-order valence-electron chi connectivity index (χ3n) is 4.76. The summed E-state index contributed by atoms with van der Waals surface area (Å²) in [5, 5.41) is 0.704. The van der Waals surface area contributed by atoms with Crippen molar-refractivity contribution in [2.24, 2.45) is 0 Å². The van der Waals surface area contributed by atoms with Gasteiger partial charge in [0.25, 0.3) is 5.91 Å². The van der Waals surface area contributed by atoms with Gasteiger partial charge in [0.05, 0.1) is 5.69 Å². The fraction of sp³-hybridized carbons (Fsp3) is 0.273. The second-order valence-electron chi connectivity index (χ2n) is 6.70. The van der Waals surface area contributed by atoms with E-state index in [-0.39, 0.29) is 11.7 Å². The van der Waals surface area contributed by atoms with Crippen LogP contribution < -0.4 is 9.47 Å². The molecule has 2 heterocycles. The van der Waals surface area contributed by atoms with E-state index in [0.29, 0.717) is 53.4 Å². The maximum atomic E-state index is 13.2. The van der Waals surface area contributed by atoms with Gasteiger partial charge in [-0.25, -0.2) is 9.37 Å². The predicted octanol–water partition coefficient (Wildman–Crippen LogP) is 4.69. The Hall–Kier alpha value is -2.93. The maximum Gasteiger partial charge on any atom is 0.266 e. The molecule has 7 heteroatoms. The van der Waals surface area contributed by atoms with Gasteiger partial charge in [-0.1, -0.05) is 12.1 Å². The normalized spacial score (nSPS) is 12.7. The van der Waals surface area contributed by atoms with E-state index in [9.17, 15) is 9.18 Å². The molecule has 0 aliphatic carbocycles. The molecule has 0 spiro atoms. The van der Waals surface area contributed by atoms with Crippen LogP contribution >= 0.6 is 11.3 Å². The quantitative estimate of drug-likeness (QED) is 0.610. The largest absolute Gasteiger partial charge is 0.486 e. The summed E-state index contributed by atoms with van der Waals surface area (Å²) in [7, 11) is 0. The highest BCUT2D eigenvalue weighted by atomic mass is 32.1. The Morgan fingerprint density at radius 3 is 2.69 bits per heavy atom. The van der Waals surface area contributed by atoms with E-state index < -0.39 is 0 Å². The molecule has 1 aliphatic heterocycles. The number of aryl methyl sites for hydroxylation is 1. The molecule has 1 aromatic heterocycles. The van der Waals surface area contributed by atoms with Crippen LogP contribution in [0.2, 0.25) is 0 Å². The number of amides is 1. The summed E-state index contributed by atoms with van der Waals surface area (Å²) in [6.45, 7) is 5.77. The van der Waals surface area contributed by atoms with E-state index in [4.69, 9.17) is 9.47 Å². The first-order valence-electron chi connectivity index (χ1n) is 9.47. The van der Waals surface area contributed by atoms with Crippen LogP contribution in [0.4, 0.5) is 4.39 Å². The second kappa shape index (κ2) is 8.21. The Labute approximate surface area is 172 Å². The van der Waals surface area contributed by atoms with Gasteiger partial charge in [0.15, 0.2) is 11.5 Å². The van der Waals surface area contributed by atoms with Crippen molar-refractivity contribution in [3.63, 3.8) is 0 Å². The van der Waals surface area contributed by atoms with Crippen LogP contribution in [0.3, 0.4) is 0 Å². The van der Waals surface area contributed by atoms with Gasteiger partial charge in [-0.15, -0.1) is 11.3 Å². The number of nitrogens with zero attached hydrogens (tertiary/aromatic N) is 2. The van der Waals surface area contributed by atoms with Crippen LogP contribution in [-0.4, -0.2) is 35.5 Å². The molecule has 0 saturated heterocycles. The molecule has 0 atom stereocenters. The lowest BCUT2D eigenvalue weighted by Gasteiger charge is -2.25. The third kappa shape index (κ3) is 3.96. The molecular weight excluding hydrogens is 391 g/mol. The van der Waals surface area contributed by atoms with Crippen LogP contribution in [0.15, 0.2) is 42.5 Å². The zero-order chi connectivity index (χ0) is 20.4. The van der Waals surface area contributed by atoms with Gasteiger partial charge in [0.1, 0.15) is 28.9 Å². The minimum atomic E-state index is -0.298. The molecular formula is C22H21FN2O3S. The first-order chi connectivity index (χ1) is 14.1. The monoisotopic (exact) mass is 412 g/mol. The van der Waals surface area contributed by atoms with Crippen molar-refractivity contribution in [1.29, 1.82) is 0 Å². The molecule has 0 bridgehead atoms. The van der Waals surface area contributed by atoms with Gasteiger partial charge in [0.2, 0.25) is 0 Å². The summed E-state index contributed by atoms with van der Waals surface area (Å²) in [5.41, 5.74) is 2.38. The maximum absolute atomic E-state index is 13.2. The van der Waals surface area contributed by atoms with E-state index in [1.807, 2.05) is 32.0 Å². The Bertz CT molecular complexity index is 1030. The topological polar surface area (TPSA) is 51.7 Å². The first-order valence-corrected chi connectivity index (χ1v) is 10.3. The fourth-order valence-electron chi connectivity index (χ4n) is 3.25. The highest BCUT2D eigenvalue weighted by molar-refractivity contribution is 7.17. The van der Waals surface area contributed by atoms with Gasteiger partial charge in [-0.05, 0) is 44.2 Å². The molecule has 0 radical (unpaired) electrons. The van der Waals surface area contributed by atoms with E-state index in [0.717, 1.165) is 11.1 Å². The van der Waals surface area contributed by atoms with Crippen molar-refractivity contribution in [3.8, 4) is 22.1 Å². The van der Waals surface area contributed by atoms with Crippen molar-refractivity contribution in [2.75, 3.05) is 19.8 Å². The van der Waals surface area contributed by atoms with Crippen LogP contribution in [0, 0.1) is 12.7 Å². The Morgan fingerprint density at radius 1 is 1.17 bits per heavy atom. The van der Waals surface area contributed by atoms with Gasteiger partial charge >= 0.3 is 0 Å². The SMILES string of the molecule is CCN(Cc1cccc2c1OCCO2)C(=O)c1sc(-c2ccc(F)cc2)nc1C. The number of hydrogen-bond acceptors (Lipinski definition) is 5. The number of aromatic nitrogens is 1. The van der Waals surface area contributed by atoms with Crippen molar-refractivity contribution < 1.29 is 18.7 Å². The lowest BCUT2D eigenvalue weighted by atomic mass is 10.1. The molecule has 0 saturated carbocycles. The van der Waals surface area contributed by atoms with Crippen LogP contribution in [0.5, 0.6) is 11.5 Å². The predicted molar refractivity (Wildman–Crippen MR) is 110 cm³/mol. The van der Waals surface area contributed by atoms with E-state index in [1.54, 1.807) is 17.0 Å². The summed E-state index contributed by atoms with van der Waals surface area (Å²) in [4.78, 5) is 20.1. The summed E-state index contributed by atoms with van der Waals surface area (Å²) in [6.07, 6.45) is 0. The molecule has 5 nitrogen and oxygen atoms in total. The van der Waals surface area contributed by atoms with Crippen LogP contribution in [0.25, 0.3) is 10.6 Å². The number of fused-ring (bicyclic) bond motifs is 1. The number of carbonyl (C=O) groups is 1. The lowest BCUT2D eigenvalue weighted by Crippen LogP contribution is -2.30. The van der Waals surface area contributed by atoms with E-state index in [2.05, 4.69) is 4.98 Å². The second-order valence-corrected chi connectivity index (χ2v) is 7.70. The van der Waals surface area contributed by atoms with Gasteiger partial charge in [-0.2, -0.15) is 0 Å². The average molecular weight is 412 g/mol. The summed E-state index contributed by atoms with van der Waals surface area (Å²) >= 11 is 1.33. The fourth-order valence-corrected chi connectivity index (χ4v) is 4.29. The number of carbonyl (C=O) groups excluding carboxylic acids is 1. The number of thiazole rings is 1. The average Bonchev–Trinajstić information content (AvgIpc) is 3.13. The van der Waals surface area contributed by atoms with Crippen molar-refractivity contribution >= 4 is 17.2 Å². The smallest absolute Gasteiger partial charge is 0.266 e. The van der Waals surface area contributed by atoms with Gasteiger partial charge in [0, 0.05) is 24.2 Å². The lowest BCUT2D eigenvalue weighted by molar-refractivity contribution is 0.0753. The van der Waals surface area contributed by atoms with Gasteiger partial charge in [-0.3, -0.25) is 4.79 Å². The Morgan fingerprint density at radius 2 is 1.93 bits per heavy atom. The molecule has 29 heavy (non-hydrogen) atoms. The minimum absolute atomic E-state index is 0.0785. The molecule has 0 N–H and O–H groups in total. The molecule has 1 aliphatic rings. The molecule has 0 fully saturated rings.